The first-order valence-corrected chi connectivity index (χ1v) is 9.82. The molecule has 0 fully saturated rings. The van der Waals surface area contributed by atoms with Crippen LogP contribution >= 0.6 is 11.8 Å². The molecule has 0 aromatic heterocycles. The topological polar surface area (TPSA) is 64.6 Å². The summed E-state index contributed by atoms with van der Waals surface area (Å²) in [7, 11) is 0. The second-order valence-corrected chi connectivity index (χ2v) is 7.33. The summed E-state index contributed by atoms with van der Waals surface area (Å²) in [5.74, 6) is 0.511. The van der Waals surface area contributed by atoms with E-state index in [0.717, 1.165) is 16.2 Å². The van der Waals surface area contributed by atoms with Crippen LogP contribution in [-0.2, 0) is 9.53 Å². The average Bonchev–Trinajstić information content (AvgIpc) is 2.63. The minimum Gasteiger partial charge on any atom is -0.490 e. The zero-order valence-electron chi connectivity index (χ0n) is 15.9. The number of carbonyl (C=O) groups is 2. The second kappa shape index (κ2) is 10.6. The standard InChI is InChI=1S/C21H25NO4S/c1-15(2)22-20(23)14-27-19-10-5-4-9-18(19)21(24)26-12-11-25-17-8-6-7-16(3)13-17/h4-10,13,15H,11-12,14H2,1-3H3,(H,22,23). The second-order valence-electron chi connectivity index (χ2n) is 6.31. The molecule has 2 aromatic rings. The molecule has 0 spiro atoms. The number of esters is 1. The molecule has 0 atom stereocenters. The van der Waals surface area contributed by atoms with Crippen molar-refractivity contribution in [3.8, 4) is 5.75 Å². The van der Waals surface area contributed by atoms with Gasteiger partial charge in [-0.2, -0.15) is 0 Å². The maximum atomic E-state index is 12.4. The maximum absolute atomic E-state index is 12.4. The summed E-state index contributed by atoms with van der Waals surface area (Å²) in [6.07, 6.45) is 0. The molecule has 0 radical (unpaired) electrons. The van der Waals surface area contributed by atoms with E-state index in [2.05, 4.69) is 5.32 Å². The lowest BCUT2D eigenvalue weighted by atomic mass is 10.2. The SMILES string of the molecule is Cc1cccc(OCCOC(=O)c2ccccc2SCC(=O)NC(C)C)c1. The molecule has 0 aliphatic heterocycles. The minimum atomic E-state index is -0.421. The van der Waals surface area contributed by atoms with Crippen molar-refractivity contribution >= 4 is 23.6 Å². The number of amides is 1. The van der Waals surface area contributed by atoms with E-state index in [1.807, 2.05) is 57.2 Å². The number of hydrogen-bond acceptors (Lipinski definition) is 5. The Labute approximate surface area is 164 Å². The predicted octanol–water partition coefficient (Wildman–Crippen LogP) is 3.85. The van der Waals surface area contributed by atoms with E-state index < -0.39 is 5.97 Å². The highest BCUT2D eigenvalue weighted by Gasteiger charge is 2.14. The van der Waals surface area contributed by atoms with Gasteiger partial charge in [0.25, 0.3) is 0 Å². The van der Waals surface area contributed by atoms with Gasteiger partial charge in [-0.15, -0.1) is 11.8 Å². The van der Waals surface area contributed by atoms with Crippen molar-refractivity contribution in [2.45, 2.75) is 31.7 Å². The number of carbonyl (C=O) groups excluding carboxylic acids is 2. The number of thioether (sulfide) groups is 1. The van der Waals surface area contributed by atoms with Gasteiger partial charge in [0, 0.05) is 10.9 Å². The van der Waals surface area contributed by atoms with Crippen LogP contribution in [0.3, 0.4) is 0 Å². The monoisotopic (exact) mass is 387 g/mol. The van der Waals surface area contributed by atoms with Crippen molar-refractivity contribution in [1.82, 2.24) is 5.32 Å². The number of benzene rings is 2. The first-order valence-electron chi connectivity index (χ1n) is 8.83. The van der Waals surface area contributed by atoms with Crippen molar-refractivity contribution in [1.29, 1.82) is 0 Å². The van der Waals surface area contributed by atoms with Gasteiger partial charge in [0.15, 0.2) is 0 Å². The summed E-state index contributed by atoms with van der Waals surface area (Å²) in [5.41, 5.74) is 1.56. The Balaban J connectivity index is 1.84. The third-order valence-electron chi connectivity index (χ3n) is 3.49. The van der Waals surface area contributed by atoms with E-state index in [4.69, 9.17) is 9.47 Å². The van der Waals surface area contributed by atoms with Crippen molar-refractivity contribution < 1.29 is 19.1 Å². The van der Waals surface area contributed by atoms with Gasteiger partial charge < -0.3 is 14.8 Å². The molecule has 0 unspecified atom stereocenters. The Hall–Kier alpha value is -2.47. The van der Waals surface area contributed by atoms with Crippen LogP contribution in [0.25, 0.3) is 0 Å². The van der Waals surface area contributed by atoms with E-state index in [0.29, 0.717) is 5.56 Å². The minimum absolute atomic E-state index is 0.0651. The van der Waals surface area contributed by atoms with Crippen LogP contribution in [0.15, 0.2) is 53.4 Å². The van der Waals surface area contributed by atoms with Gasteiger partial charge in [-0.3, -0.25) is 4.79 Å². The van der Waals surface area contributed by atoms with E-state index >= 15 is 0 Å². The Morgan fingerprint density at radius 2 is 1.85 bits per heavy atom. The van der Waals surface area contributed by atoms with Crippen molar-refractivity contribution in [2.24, 2.45) is 0 Å². The fourth-order valence-electron chi connectivity index (χ4n) is 2.34. The van der Waals surface area contributed by atoms with E-state index in [1.165, 1.54) is 11.8 Å². The molecular formula is C21H25NO4S. The molecule has 6 heteroatoms. The zero-order valence-corrected chi connectivity index (χ0v) is 16.7. The van der Waals surface area contributed by atoms with Crippen molar-refractivity contribution in [3.63, 3.8) is 0 Å². The molecule has 5 nitrogen and oxygen atoms in total. The molecule has 0 aliphatic rings. The predicted molar refractivity (Wildman–Crippen MR) is 107 cm³/mol. The van der Waals surface area contributed by atoms with Gasteiger partial charge in [0.2, 0.25) is 5.91 Å². The lowest BCUT2D eigenvalue weighted by Gasteiger charge is -2.11. The summed E-state index contributed by atoms with van der Waals surface area (Å²) < 4.78 is 10.9. The summed E-state index contributed by atoms with van der Waals surface area (Å²) in [4.78, 5) is 24.9. The fraction of sp³-hybridized carbons (Fsp3) is 0.333. The third kappa shape index (κ3) is 7.35. The molecule has 1 N–H and O–H groups in total. The number of rotatable bonds is 9. The smallest absolute Gasteiger partial charge is 0.339 e. The lowest BCUT2D eigenvalue weighted by Crippen LogP contribution is -2.31. The third-order valence-corrected chi connectivity index (χ3v) is 4.56. The Morgan fingerprint density at radius 1 is 1.07 bits per heavy atom. The normalized spacial score (nSPS) is 10.5. The molecule has 0 aliphatic carbocycles. The van der Waals surface area contributed by atoms with E-state index in [-0.39, 0.29) is 30.9 Å². The Kier molecular flexibility index (Phi) is 8.20. The molecule has 27 heavy (non-hydrogen) atoms. The highest BCUT2D eigenvalue weighted by Crippen LogP contribution is 2.23. The molecule has 0 saturated carbocycles. The number of aryl methyl sites for hydroxylation is 1. The molecule has 2 rings (SSSR count). The highest BCUT2D eigenvalue weighted by atomic mass is 32.2. The molecule has 1 amide bonds. The average molecular weight is 388 g/mol. The van der Waals surface area contributed by atoms with Crippen LogP contribution in [0.2, 0.25) is 0 Å². The van der Waals surface area contributed by atoms with Crippen LogP contribution in [-0.4, -0.2) is 36.9 Å². The van der Waals surface area contributed by atoms with Crippen LogP contribution in [0.4, 0.5) is 0 Å². The van der Waals surface area contributed by atoms with Crippen LogP contribution in [0.5, 0.6) is 5.75 Å². The maximum Gasteiger partial charge on any atom is 0.339 e. The Bertz CT molecular complexity index is 776. The van der Waals surface area contributed by atoms with Gasteiger partial charge in [-0.05, 0) is 50.6 Å². The number of nitrogens with one attached hydrogen (secondary N) is 1. The first-order chi connectivity index (χ1) is 13.0. The molecular weight excluding hydrogens is 362 g/mol. The molecule has 0 bridgehead atoms. The summed E-state index contributed by atoms with van der Waals surface area (Å²) >= 11 is 1.32. The number of hydrogen-bond donors (Lipinski definition) is 1. The summed E-state index contributed by atoms with van der Waals surface area (Å²) in [6, 6.07) is 14.9. The van der Waals surface area contributed by atoms with Gasteiger partial charge >= 0.3 is 5.97 Å². The lowest BCUT2D eigenvalue weighted by molar-refractivity contribution is -0.119. The zero-order chi connectivity index (χ0) is 19.6. The van der Waals surface area contributed by atoms with Crippen LogP contribution < -0.4 is 10.1 Å². The highest BCUT2D eigenvalue weighted by molar-refractivity contribution is 8.00. The molecule has 0 saturated heterocycles. The molecule has 0 heterocycles. The van der Waals surface area contributed by atoms with E-state index in [9.17, 15) is 9.59 Å². The summed E-state index contributed by atoms with van der Waals surface area (Å²) in [5, 5.41) is 2.83. The van der Waals surface area contributed by atoms with Crippen molar-refractivity contribution in [3.05, 3.63) is 59.7 Å². The van der Waals surface area contributed by atoms with Gasteiger partial charge in [-0.25, -0.2) is 4.79 Å². The fourth-order valence-corrected chi connectivity index (χ4v) is 3.20. The number of ether oxygens (including phenoxy) is 2. The molecule has 144 valence electrons. The van der Waals surface area contributed by atoms with Gasteiger partial charge in [0.05, 0.1) is 11.3 Å². The van der Waals surface area contributed by atoms with Gasteiger partial charge in [-0.1, -0.05) is 24.3 Å². The van der Waals surface area contributed by atoms with Crippen LogP contribution in [0, 0.1) is 6.92 Å². The quantitative estimate of drug-likeness (QED) is 0.402. The molecule has 2 aromatic carbocycles. The largest absolute Gasteiger partial charge is 0.490 e. The van der Waals surface area contributed by atoms with Crippen LogP contribution in [0.1, 0.15) is 29.8 Å². The van der Waals surface area contributed by atoms with Gasteiger partial charge in [0.1, 0.15) is 19.0 Å². The summed E-state index contributed by atoms with van der Waals surface area (Å²) in [6.45, 7) is 6.24. The van der Waals surface area contributed by atoms with Crippen molar-refractivity contribution in [2.75, 3.05) is 19.0 Å². The Morgan fingerprint density at radius 3 is 2.59 bits per heavy atom. The first kappa shape index (κ1) is 20.8. The van der Waals surface area contributed by atoms with E-state index in [1.54, 1.807) is 12.1 Å².